The Bertz CT molecular complexity index is 1180. The number of benzene rings is 1. The zero-order chi connectivity index (χ0) is 19.1. The number of rotatable bonds is 4. The van der Waals surface area contributed by atoms with Gasteiger partial charge in [0.15, 0.2) is 5.69 Å². The van der Waals surface area contributed by atoms with E-state index >= 15 is 0 Å². The van der Waals surface area contributed by atoms with Crippen molar-refractivity contribution in [2.24, 2.45) is 0 Å². The van der Waals surface area contributed by atoms with Gasteiger partial charge in [-0.25, -0.2) is 13.7 Å². The van der Waals surface area contributed by atoms with Crippen LogP contribution in [0.25, 0.3) is 16.8 Å². The highest BCUT2D eigenvalue weighted by molar-refractivity contribution is 6.31. The van der Waals surface area contributed by atoms with Gasteiger partial charge in [-0.3, -0.25) is 4.68 Å². The molecular weight excluding hydrogens is 371 g/mol. The van der Waals surface area contributed by atoms with Crippen molar-refractivity contribution < 1.29 is 14.3 Å². The molecule has 3 heterocycles. The van der Waals surface area contributed by atoms with Crippen molar-refractivity contribution in [3.05, 3.63) is 76.5 Å². The van der Waals surface area contributed by atoms with Crippen molar-refractivity contribution >= 4 is 23.1 Å². The van der Waals surface area contributed by atoms with Crippen molar-refractivity contribution in [1.29, 1.82) is 0 Å². The molecule has 0 aliphatic rings. The number of carboxylic acids is 1. The minimum atomic E-state index is -1.09. The lowest BCUT2D eigenvalue weighted by atomic mass is 10.1. The molecule has 1 aromatic carbocycles. The van der Waals surface area contributed by atoms with Gasteiger partial charge in [0.25, 0.3) is 0 Å². The van der Waals surface area contributed by atoms with E-state index in [4.69, 9.17) is 16.7 Å². The maximum Gasteiger partial charge on any atom is 0.356 e. The van der Waals surface area contributed by atoms with Crippen LogP contribution in [0.1, 0.15) is 21.9 Å². The van der Waals surface area contributed by atoms with Crippen molar-refractivity contribution in [2.75, 3.05) is 0 Å². The summed E-state index contributed by atoms with van der Waals surface area (Å²) < 4.78 is 17.3. The Morgan fingerprint density at radius 1 is 1.19 bits per heavy atom. The van der Waals surface area contributed by atoms with Gasteiger partial charge in [0.05, 0.1) is 23.4 Å². The Kier molecular flexibility index (Phi) is 4.16. The normalized spacial score (nSPS) is 11.2. The molecule has 3 aromatic heterocycles. The van der Waals surface area contributed by atoms with Crippen LogP contribution < -0.4 is 0 Å². The SMILES string of the molecule is Cc1cc(C(=O)O)nn1Cc1cc(Cl)cc2cc(-c3ccccc3F)nn12. The molecular formula is C19H14ClFN4O2. The fraction of sp³-hybridized carbons (Fsp3) is 0.105. The van der Waals surface area contributed by atoms with Gasteiger partial charge in [0.1, 0.15) is 5.82 Å². The van der Waals surface area contributed by atoms with Crippen molar-refractivity contribution in [3.8, 4) is 11.3 Å². The van der Waals surface area contributed by atoms with Gasteiger partial charge in [-0.15, -0.1) is 0 Å². The van der Waals surface area contributed by atoms with Gasteiger partial charge in [0.2, 0.25) is 0 Å². The van der Waals surface area contributed by atoms with Crippen LogP contribution in [0.2, 0.25) is 5.02 Å². The van der Waals surface area contributed by atoms with E-state index in [1.807, 2.05) is 0 Å². The number of fused-ring (bicyclic) bond motifs is 1. The third kappa shape index (κ3) is 3.17. The average molecular weight is 385 g/mol. The second kappa shape index (κ2) is 6.51. The minimum absolute atomic E-state index is 0.0294. The van der Waals surface area contributed by atoms with Crippen LogP contribution in [0.3, 0.4) is 0 Å². The van der Waals surface area contributed by atoms with Gasteiger partial charge in [-0.05, 0) is 43.3 Å². The monoisotopic (exact) mass is 384 g/mol. The molecule has 0 radical (unpaired) electrons. The number of aromatic carboxylic acids is 1. The summed E-state index contributed by atoms with van der Waals surface area (Å²) in [5.41, 5.74) is 2.95. The third-order valence-electron chi connectivity index (χ3n) is 4.26. The van der Waals surface area contributed by atoms with Crippen LogP contribution in [0.5, 0.6) is 0 Å². The molecule has 0 aliphatic heterocycles. The number of hydrogen-bond donors (Lipinski definition) is 1. The molecule has 27 heavy (non-hydrogen) atoms. The molecule has 4 aromatic rings. The summed E-state index contributed by atoms with van der Waals surface area (Å²) in [6.07, 6.45) is 0. The number of nitrogens with zero attached hydrogens (tertiary/aromatic N) is 4. The van der Waals surface area contributed by atoms with Crippen LogP contribution in [0.4, 0.5) is 4.39 Å². The van der Waals surface area contributed by atoms with Crippen LogP contribution >= 0.6 is 11.6 Å². The number of aryl methyl sites for hydroxylation is 1. The topological polar surface area (TPSA) is 72.4 Å². The molecule has 0 fully saturated rings. The zero-order valence-electron chi connectivity index (χ0n) is 14.2. The average Bonchev–Trinajstić information content (AvgIpc) is 3.19. The summed E-state index contributed by atoms with van der Waals surface area (Å²) in [6.45, 7) is 2.05. The first kappa shape index (κ1) is 17.2. The lowest BCUT2D eigenvalue weighted by Gasteiger charge is -2.08. The summed E-state index contributed by atoms with van der Waals surface area (Å²) in [5, 5.41) is 18.2. The number of halogens is 2. The molecule has 6 nitrogen and oxygen atoms in total. The van der Waals surface area contributed by atoms with Crippen LogP contribution in [0.15, 0.2) is 48.5 Å². The molecule has 0 atom stereocenters. The molecule has 0 saturated carbocycles. The molecule has 0 saturated heterocycles. The number of carboxylic acid groups (broad SMARTS) is 1. The molecule has 0 spiro atoms. The molecule has 4 rings (SSSR count). The molecule has 8 heteroatoms. The van der Waals surface area contributed by atoms with Gasteiger partial charge in [-0.2, -0.15) is 10.2 Å². The molecule has 0 bridgehead atoms. The lowest BCUT2D eigenvalue weighted by Crippen LogP contribution is -2.10. The second-order valence-corrected chi connectivity index (χ2v) is 6.58. The minimum Gasteiger partial charge on any atom is -0.476 e. The Morgan fingerprint density at radius 3 is 2.67 bits per heavy atom. The van der Waals surface area contributed by atoms with E-state index in [0.29, 0.717) is 33.2 Å². The van der Waals surface area contributed by atoms with Gasteiger partial charge in [-0.1, -0.05) is 23.7 Å². The second-order valence-electron chi connectivity index (χ2n) is 6.14. The molecule has 136 valence electrons. The van der Waals surface area contributed by atoms with Crippen molar-refractivity contribution in [3.63, 3.8) is 0 Å². The van der Waals surface area contributed by atoms with E-state index in [1.54, 1.807) is 52.5 Å². The predicted octanol–water partition coefficient (Wildman–Crippen LogP) is 4.05. The van der Waals surface area contributed by atoms with Crippen LogP contribution in [-0.2, 0) is 6.54 Å². The van der Waals surface area contributed by atoms with E-state index in [1.165, 1.54) is 12.1 Å². The predicted molar refractivity (Wildman–Crippen MR) is 98.6 cm³/mol. The Balaban J connectivity index is 1.81. The lowest BCUT2D eigenvalue weighted by molar-refractivity contribution is 0.0689. The van der Waals surface area contributed by atoms with Crippen molar-refractivity contribution in [1.82, 2.24) is 19.4 Å². The Labute approximate surface area is 158 Å². The van der Waals surface area contributed by atoms with Crippen LogP contribution in [0, 0.1) is 12.7 Å². The highest BCUT2D eigenvalue weighted by Crippen LogP contribution is 2.25. The Hall–Kier alpha value is -3.19. The Morgan fingerprint density at radius 2 is 1.96 bits per heavy atom. The van der Waals surface area contributed by atoms with Gasteiger partial charge >= 0.3 is 5.97 Å². The first-order chi connectivity index (χ1) is 12.9. The first-order valence-electron chi connectivity index (χ1n) is 8.13. The fourth-order valence-electron chi connectivity index (χ4n) is 2.97. The zero-order valence-corrected chi connectivity index (χ0v) is 15.0. The standard InChI is InChI=1S/C19H14ClFN4O2/c1-11-6-18(19(26)27)22-24(11)10-14-8-12(20)7-13-9-17(23-25(13)14)15-4-2-3-5-16(15)21/h2-9H,10H2,1H3,(H,26,27). The molecule has 0 amide bonds. The molecule has 0 aliphatic carbocycles. The smallest absolute Gasteiger partial charge is 0.356 e. The van der Waals surface area contributed by atoms with Crippen LogP contribution in [-0.4, -0.2) is 30.5 Å². The third-order valence-corrected chi connectivity index (χ3v) is 4.48. The number of pyridine rings is 1. The summed E-state index contributed by atoms with van der Waals surface area (Å²) >= 11 is 6.23. The van der Waals surface area contributed by atoms with E-state index in [-0.39, 0.29) is 18.1 Å². The van der Waals surface area contributed by atoms with Gasteiger partial charge < -0.3 is 5.11 Å². The fourth-order valence-corrected chi connectivity index (χ4v) is 3.21. The maximum absolute atomic E-state index is 14.1. The molecule has 1 N–H and O–H groups in total. The van der Waals surface area contributed by atoms with Gasteiger partial charge in [0, 0.05) is 16.3 Å². The summed E-state index contributed by atoms with van der Waals surface area (Å²) in [4.78, 5) is 11.1. The summed E-state index contributed by atoms with van der Waals surface area (Å²) in [6, 6.07) is 13.1. The highest BCUT2D eigenvalue weighted by atomic mass is 35.5. The largest absolute Gasteiger partial charge is 0.476 e. The first-order valence-corrected chi connectivity index (χ1v) is 8.51. The van der Waals surface area contributed by atoms with E-state index < -0.39 is 5.97 Å². The maximum atomic E-state index is 14.1. The number of carbonyl (C=O) groups is 1. The summed E-state index contributed by atoms with van der Waals surface area (Å²) in [7, 11) is 0. The quantitative estimate of drug-likeness (QED) is 0.576. The van der Waals surface area contributed by atoms with E-state index in [9.17, 15) is 9.18 Å². The number of hydrogen-bond acceptors (Lipinski definition) is 3. The van der Waals surface area contributed by atoms with E-state index in [2.05, 4.69) is 10.2 Å². The van der Waals surface area contributed by atoms with Crippen molar-refractivity contribution in [2.45, 2.75) is 13.5 Å². The van der Waals surface area contributed by atoms with E-state index in [0.717, 1.165) is 0 Å². The molecule has 0 unspecified atom stereocenters. The highest BCUT2D eigenvalue weighted by Gasteiger charge is 2.15. The number of aromatic nitrogens is 4. The summed E-state index contributed by atoms with van der Waals surface area (Å²) in [5.74, 6) is -1.45.